The van der Waals surface area contributed by atoms with Gasteiger partial charge in [0.2, 0.25) is 0 Å². The highest BCUT2D eigenvalue weighted by atomic mass is 32.1. The molecule has 0 bridgehead atoms. The molecule has 1 heterocycles. The maximum Gasteiger partial charge on any atom is 0.0462 e. The summed E-state index contributed by atoms with van der Waals surface area (Å²) in [6, 6.07) is 2.99. The Morgan fingerprint density at radius 3 is 3.21 bits per heavy atom. The molecular formula is C16H27NOS. The first-order valence-corrected chi connectivity index (χ1v) is 8.53. The summed E-state index contributed by atoms with van der Waals surface area (Å²) >= 11 is 1.95. The van der Waals surface area contributed by atoms with Crippen molar-refractivity contribution in [1.29, 1.82) is 0 Å². The molecule has 2 nitrogen and oxygen atoms in total. The van der Waals surface area contributed by atoms with Crippen LogP contribution in [0.1, 0.15) is 55.4 Å². The molecule has 0 saturated heterocycles. The molecule has 2 atom stereocenters. The van der Waals surface area contributed by atoms with Crippen LogP contribution in [0.2, 0.25) is 0 Å². The third-order valence-corrected chi connectivity index (χ3v) is 5.10. The van der Waals surface area contributed by atoms with Crippen molar-refractivity contribution in [2.24, 2.45) is 0 Å². The summed E-state index contributed by atoms with van der Waals surface area (Å²) in [4.78, 5) is 1.63. The summed E-state index contributed by atoms with van der Waals surface area (Å²) in [5.41, 5.74) is 1.63. The number of thiophene rings is 1. The van der Waals surface area contributed by atoms with Crippen LogP contribution in [0, 0.1) is 0 Å². The Morgan fingerprint density at radius 2 is 2.42 bits per heavy atom. The Kier molecular flexibility index (Phi) is 6.35. The molecule has 1 N–H and O–H groups in total. The van der Waals surface area contributed by atoms with Gasteiger partial charge in [-0.2, -0.15) is 0 Å². The van der Waals surface area contributed by atoms with E-state index in [1.165, 1.54) is 32.1 Å². The first-order valence-electron chi connectivity index (χ1n) is 7.65. The minimum Gasteiger partial charge on any atom is -0.385 e. The Labute approximate surface area is 121 Å². The number of methoxy groups -OCH3 is 1. The van der Waals surface area contributed by atoms with Crippen molar-refractivity contribution < 1.29 is 4.74 Å². The lowest BCUT2D eigenvalue weighted by Crippen LogP contribution is -2.37. The molecule has 0 aromatic carbocycles. The van der Waals surface area contributed by atoms with E-state index in [0.29, 0.717) is 6.04 Å². The van der Waals surface area contributed by atoms with Crippen LogP contribution in [0.3, 0.4) is 0 Å². The summed E-state index contributed by atoms with van der Waals surface area (Å²) < 4.78 is 5.21. The van der Waals surface area contributed by atoms with Crippen molar-refractivity contribution in [3.05, 3.63) is 21.9 Å². The largest absolute Gasteiger partial charge is 0.385 e. The number of hydrogen-bond donors (Lipinski definition) is 1. The number of hydrogen-bond acceptors (Lipinski definition) is 3. The Balaban J connectivity index is 2.01. The molecule has 0 fully saturated rings. The molecule has 0 spiro atoms. The third-order valence-electron chi connectivity index (χ3n) is 4.10. The second-order valence-corrected chi connectivity index (χ2v) is 6.49. The van der Waals surface area contributed by atoms with Gasteiger partial charge in [0.25, 0.3) is 0 Å². The van der Waals surface area contributed by atoms with Gasteiger partial charge in [0.1, 0.15) is 0 Å². The second-order valence-electron chi connectivity index (χ2n) is 5.49. The van der Waals surface area contributed by atoms with Crippen LogP contribution in [0.25, 0.3) is 0 Å². The van der Waals surface area contributed by atoms with Gasteiger partial charge in [0.15, 0.2) is 0 Å². The molecule has 108 valence electrons. The minimum atomic E-state index is 0.628. The van der Waals surface area contributed by atoms with Crippen LogP contribution >= 0.6 is 11.3 Å². The van der Waals surface area contributed by atoms with Gasteiger partial charge >= 0.3 is 0 Å². The summed E-state index contributed by atoms with van der Waals surface area (Å²) in [5, 5.41) is 6.05. The first-order chi connectivity index (χ1) is 9.36. The zero-order valence-corrected chi connectivity index (χ0v) is 13.1. The highest BCUT2D eigenvalue weighted by Gasteiger charge is 2.27. The number of nitrogens with one attached hydrogen (secondary N) is 1. The Hall–Kier alpha value is -0.380. The smallest absolute Gasteiger partial charge is 0.0462 e. The number of rotatable bonds is 8. The van der Waals surface area contributed by atoms with Gasteiger partial charge < -0.3 is 10.1 Å². The van der Waals surface area contributed by atoms with Crippen LogP contribution < -0.4 is 5.32 Å². The SMILES string of the molecule is CCCNC(CCCOC)C1CCCc2sccc21. The van der Waals surface area contributed by atoms with E-state index >= 15 is 0 Å². The molecule has 0 amide bonds. The zero-order valence-electron chi connectivity index (χ0n) is 12.3. The minimum absolute atomic E-state index is 0.628. The van der Waals surface area contributed by atoms with Crippen molar-refractivity contribution >= 4 is 11.3 Å². The molecule has 0 saturated carbocycles. The van der Waals surface area contributed by atoms with Gasteiger partial charge in [-0.1, -0.05) is 6.92 Å². The predicted octanol–water partition coefficient (Wildman–Crippen LogP) is 3.96. The normalized spacial score (nSPS) is 20.2. The maximum atomic E-state index is 5.21. The maximum absolute atomic E-state index is 5.21. The Bertz CT molecular complexity index is 363. The van der Waals surface area contributed by atoms with Crippen LogP contribution in [-0.2, 0) is 11.2 Å². The highest BCUT2D eigenvalue weighted by molar-refractivity contribution is 7.10. The summed E-state index contributed by atoms with van der Waals surface area (Å²) in [5.74, 6) is 0.721. The van der Waals surface area contributed by atoms with E-state index < -0.39 is 0 Å². The molecule has 1 aliphatic rings. The van der Waals surface area contributed by atoms with Gasteiger partial charge in [0.05, 0.1) is 0 Å². The second kappa shape index (κ2) is 8.03. The molecule has 1 aliphatic carbocycles. The van der Waals surface area contributed by atoms with E-state index in [-0.39, 0.29) is 0 Å². The predicted molar refractivity (Wildman–Crippen MR) is 83.2 cm³/mol. The quantitative estimate of drug-likeness (QED) is 0.728. The van der Waals surface area contributed by atoms with Gasteiger partial charge in [0, 0.05) is 30.6 Å². The van der Waals surface area contributed by atoms with Gasteiger partial charge in [-0.3, -0.25) is 0 Å². The molecule has 1 aromatic heterocycles. The molecule has 3 heteroatoms. The van der Waals surface area contributed by atoms with E-state index in [2.05, 4.69) is 23.7 Å². The molecule has 19 heavy (non-hydrogen) atoms. The lowest BCUT2D eigenvalue weighted by atomic mass is 9.81. The van der Waals surface area contributed by atoms with E-state index in [9.17, 15) is 0 Å². The topological polar surface area (TPSA) is 21.3 Å². The van der Waals surface area contributed by atoms with Crippen LogP contribution in [0.15, 0.2) is 11.4 Å². The lowest BCUT2D eigenvalue weighted by molar-refractivity contribution is 0.186. The van der Waals surface area contributed by atoms with Crippen molar-refractivity contribution in [1.82, 2.24) is 5.32 Å². The fourth-order valence-corrected chi connectivity index (χ4v) is 4.16. The molecule has 0 radical (unpaired) electrons. The molecule has 0 aliphatic heterocycles. The fraction of sp³-hybridized carbons (Fsp3) is 0.750. The van der Waals surface area contributed by atoms with Crippen molar-refractivity contribution in [3.63, 3.8) is 0 Å². The van der Waals surface area contributed by atoms with Gasteiger partial charge in [-0.25, -0.2) is 0 Å². The van der Waals surface area contributed by atoms with Crippen molar-refractivity contribution in [3.8, 4) is 0 Å². The highest BCUT2D eigenvalue weighted by Crippen LogP contribution is 2.38. The van der Waals surface area contributed by atoms with Crippen molar-refractivity contribution in [2.75, 3.05) is 20.3 Å². The molecule has 1 aromatic rings. The standard InChI is InChI=1S/C16H27NOS/c1-3-10-17-15(7-5-11-18-2)13-6-4-8-16-14(13)9-12-19-16/h9,12-13,15,17H,3-8,10-11H2,1-2H3. The third kappa shape index (κ3) is 4.04. The van der Waals surface area contributed by atoms with Crippen molar-refractivity contribution in [2.45, 2.75) is 57.4 Å². The average molecular weight is 281 g/mol. The van der Waals surface area contributed by atoms with E-state index in [4.69, 9.17) is 4.74 Å². The van der Waals surface area contributed by atoms with Crippen LogP contribution in [-0.4, -0.2) is 26.3 Å². The zero-order chi connectivity index (χ0) is 13.5. The van der Waals surface area contributed by atoms with E-state index in [0.717, 1.165) is 25.5 Å². The molecule has 2 rings (SSSR count). The average Bonchev–Trinajstić information content (AvgIpc) is 2.91. The summed E-state index contributed by atoms with van der Waals surface area (Å²) in [6.07, 6.45) is 7.60. The van der Waals surface area contributed by atoms with Gasteiger partial charge in [-0.15, -0.1) is 11.3 Å². The van der Waals surface area contributed by atoms with E-state index in [1.807, 2.05) is 11.3 Å². The van der Waals surface area contributed by atoms with Crippen LogP contribution in [0.5, 0.6) is 0 Å². The van der Waals surface area contributed by atoms with Crippen LogP contribution in [0.4, 0.5) is 0 Å². The number of aryl methyl sites for hydroxylation is 1. The summed E-state index contributed by atoms with van der Waals surface area (Å²) in [6.45, 7) is 4.26. The van der Waals surface area contributed by atoms with E-state index in [1.54, 1.807) is 17.6 Å². The summed E-state index contributed by atoms with van der Waals surface area (Å²) in [7, 11) is 1.80. The Morgan fingerprint density at radius 1 is 1.53 bits per heavy atom. The molecular weight excluding hydrogens is 254 g/mol. The fourth-order valence-electron chi connectivity index (χ4n) is 3.16. The molecule has 2 unspecified atom stereocenters. The monoisotopic (exact) mass is 281 g/mol. The number of ether oxygens (including phenoxy) is 1. The first kappa shape index (κ1) is 15.0. The van der Waals surface area contributed by atoms with Gasteiger partial charge in [-0.05, 0) is 62.1 Å². The number of fused-ring (bicyclic) bond motifs is 1. The lowest BCUT2D eigenvalue weighted by Gasteiger charge is -2.31.